The molecule has 0 spiro atoms. The third-order valence-electron chi connectivity index (χ3n) is 4.86. The molecule has 0 radical (unpaired) electrons. The summed E-state index contributed by atoms with van der Waals surface area (Å²) in [6, 6.07) is 17.2. The molecule has 0 atom stereocenters. The molecule has 1 saturated carbocycles. The Hall–Kier alpha value is -3.72. The van der Waals surface area contributed by atoms with Crippen molar-refractivity contribution >= 4 is 33.2 Å². The highest BCUT2D eigenvalue weighted by Crippen LogP contribution is 2.22. The van der Waals surface area contributed by atoms with Crippen LogP contribution < -0.4 is 15.4 Å². The van der Waals surface area contributed by atoms with Crippen LogP contribution in [0.1, 0.15) is 33.6 Å². The van der Waals surface area contributed by atoms with E-state index >= 15 is 0 Å². The first-order valence-corrected chi connectivity index (χ1v) is 11.4. The molecule has 7 nitrogen and oxygen atoms in total. The first-order valence-electron chi connectivity index (χ1n) is 9.91. The standard InChI is InChI=1S/C23H20FN3O4S/c24-16-7-13-19(14-8-16)32(30,31)27-18-9-5-15(6-10-18)22(28)26-21-4-2-1-3-20(21)23(29)25-17-11-12-17/h1-10,13-14,17,27H,11-12H2,(H,25,29)(H,26,28). The number of halogens is 1. The summed E-state index contributed by atoms with van der Waals surface area (Å²) < 4.78 is 40.2. The number of carbonyl (C=O) groups is 2. The van der Waals surface area contributed by atoms with Crippen LogP contribution in [-0.2, 0) is 10.0 Å². The Morgan fingerprint density at radius 1 is 0.844 bits per heavy atom. The van der Waals surface area contributed by atoms with Crippen molar-refractivity contribution in [3.63, 3.8) is 0 Å². The van der Waals surface area contributed by atoms with Gasteiger partial charge in [-0.3, -0.25) is 14.3 Å². The Morgan fingerprint density at radius 3 is 2.16 bits per heavy atom. The predicted molar refractivity (Wildman–Crippen MR) is 119 cm³/mol. The second-order valence-electron chi connectivity index (χ2n) is 7.38. The third-order valence-corrected chi connectivity index (χ3v) is 6.25. The molecule has 0 aromatic heterocycles. The van der Waals surface area contributed by atoms with E-state index in [0.29, 0.717) is 11.3 Å². The van der Waals surface area contributed by atoms with Crippen LogP contribution in [0, 0.1) is 5.82 Å². The summed E-state index contributed by atoms with van der Waals surface area (Å²) in [6.07, 6.45) is 1.91. The molecular formula is C23H20FN3O4S. The lowest BCUT2D eigenvalue weighted by Crippen LogP contribution is -2.27. The molecule has 3 N–H and O–H groups in total. The van der Waals surface area contributed by atoms with Crippen molar-refractivity contribution in [1.29, 1.82) is 0 Å². The van der Waals surface area contributed by atoms with Gasteiger partial charge in [0.05, 0.1) is 16.1 Å². The van der Waals surface area contributed by atoms with E-state index in [-0.39, 0.29) is 28.1 Å². The van der Waals surface area contributed by atoms with E-state index in [1.807, 2.05) is 0 Å². The Balaban J connectivity index is 1.45. The van der Waals surface area contributed by atoms with Crippen LogP contribution in [0.4, 0.5) is 15.8 Å². The first-order chi connectivity index (χ1) is 15.3. The van der Waals surface area contributed by atoms with Crippen molar-refractivity contribution < 1.29 is 22.4 Å². The van der Waals surface area contributed by atoms with Crippen molar-refractivity contribution in [2.24, 2.45) is 0 Å². The van der Waals surface area contributed by atoms with Crippen LogP contribution in [0.2, 0.25) is 0 Å². The predicted octanol–water partition coefficient (Wildman–Crippen LogP) is 3.77. The van der Waals surface area contributed by atoms with E-state index < -0.39 is 21.7 Å². The van der Waals surface area contributed by atoms with Gasteiger partial charge in [-0.25, -0.2) is 12.8 Å². The molecule has 0 aliphatic heterocycles. The number of hydrogen-bond donors (Lipinski definition) is 3. The highest BCUT2D eigenvalue weighted by atomic mass is 32.2. The van der Waals surface area contributed by atoms with Crippen molar-refractivity contribution in [3.8, 4) is 0 Å². The Morgan fingerprint density at radius 2 is 1.50 bits per heavy atom. The van der Waals surface area contributed by atoms with Gasteiger partial charge in [0.25, 0.3) is 21.8 Å². The van der Waals surface area contributed by atoms with E-state index in [2.05, 4.69) is 15.4 Å². The fourth-order valence-corrected chi connectivity index (χ4v) is 4.05. The smallest absolute Gasteiger partial charge is 0.261 e. The van der Waals surface area contributed by atoms with Gasteiger partial charge in [-0.15, -0.1) is 0 Å². The fourth-order valence-electron chi connectivity index (χ4n) is 2.99. The fraction of sp³-hybridized carbons (Fsp3) is 0.130. The summed E-state index contributed by atoms with van der Waals surface area (Å²) in [5.41, 5.74) is 1.29. The zero-order valence-electron chi connectivity index (χ0n) is 16.8. The maximum atomic E-state index is 13.0. The molecule has 1 aliphatic rings. The summed E-state index contributed by atoms with van der Waals surface area (Å²) in [4.78, 5) is 25.0. The molecule has 2 amide bonds. The van der Waals surface area contributed by atoms with Crippen LogP contribution in [0.15, 0.2) is 77.7 Å². The zero-order chi connectivity index (χ0) is 22.7. The summed E-state index contributed by atoms with van der Waals surface area (Å²) in [6.45, 7) is 0. The van der Waals surface area contributed by atoms with Gasteiger partial charge in [-0.05, 0) is 73.5 Å². The van der Waals surface area contributed by atoms with Crippen molar-refractivity contribution in [1.82, 2.24) is 5.32 Å². The number of para-hydroxylation sites is 1. The van der Waals surface area contributed by atoms with Crippen molar-refractivity contribution in [2.45, 2.75) is 23.8 Å². The van der Waals surface area contributed by atoms with Crippen molar-refractivity contribution in [2.75, 3.05) is 10.0 Å². The summed E-state index contributed by atoms with van der Waals surface area (Å²) in [7, 11) is -3.89. The van der Waals surface area contributed by atoms with Gasteiger partial charge < -0.3 is 10.6 Å². The lowest BCUT2D eigenvalue weighted by molar-refractivity contribution is 0.0952. The van der Waals surface area contributed by atoms with Gasteiger partial charge in [0.1, 0.15) is 5.82 Å². The SMILES string of the molecule is O=C(Nc1ccccc1C(=O)NC1CC1)c1ccc(NS(=O)(=O)c2ccc(F)cc2)cc1. The highest BCUT2D eigenvalue weighted by Gasteiger charge is 2.25. The van der Waals surface area contributed by atoms with Gasteiger partial charge >= 0.3 is 0 Å². The number of amides is 2. The van der Waals surface area contributed by atoms with Gasteiger partial charge in [0.2, 0.25) is 0 Å². The number of anilines is 2. The number of rotatable bonds is 7. The van der Waals surface area contributed by atoms with Crippen LogP contribution in [0.5, 0.6) is 0 Å². The molecule has 0 bridgehead atoms. The summed E-state index contributed by atoms with van der Waals surface area (Å²) >= 11 is 0. The number of carbonyl (C=O) groups excluding carboxylic acids is 2. The lowest BCUT2D eigenvalue weighted by atomic mass is 10.1. The average Bonchev–Trinajstić information content (AvgIpc) is 3.58. The second-order valence-corrected chi connectivity index (χ2v) is 9.07. The zero-order valence-corrected chi connectivity index (χ0v) is 17.7. The lowest BCUT2D eigenvalue weighted by Gasteiger charge is -2.12. The van der Waals surface area contributed by atoms with E-state index in [0.717, 1.165) is 37.1 Å². The molecular weight excluding hydrogens is 433 g/mol. The first kappa shape index (κ1) is 21.5. The maximum absolute atomic E-state index is 13.0. The molecule has 32 heavy (non-hydrogen) atoms. The molecule has 0 saturated heterocycles. The van der Waals surface area contributed by atoms with Crippen LogP contribution >= 0.6 is 0 Å². The molecule has 1 fully saturated rings. The minimum absolute atomic E-state index is 0.0817. The molecule has 1 aliphatic carbocycles. The van der Waals surface area contributed by atoms with Crippen molar-refractivity contribution in [3.05, 3.63) is 89.7 Å². The van der Waals surface area contributed by atoms with E-state index in [1.54, 1.807) is 24.3 Å². The number of benzene rings is 3. The number of hydrogen-bond acceptors (Lipinski definition) is 4. The summed E-state index contributed by atoms with van der Waals surface area (Å²) in [5.74, 6) is -1.22. The molecule has 9 heteroatoms. The Labute approximate surface area is 184 Å². The molecule has 3 aromatic carbocycles. The minimum atomic E-state index is -3.89. The largest absolute Gasteiger partial charge is 0.349 e. The van der Waals surface area contributed by atoms with E-state index in [9.17, 15) is 22.4 Å². The van der Waals surface area contributed by atoms with Crippen LogP contribution in [0.3, 0.4) is 0 Å². The molecule has 3 aromatic rings. The maximum Gasteiger partial charge on any atom is 0.261 e. The topological polar surface area (TPSA) is 104 Å². The Bertz CT molecular complexity index is 1260. The normalized spacial score (nSPS) is 13.3. The van der Waals surface area contributed by atoms with Crippen LogP contribution in [-0.4, -0.2) is 26.3 Å². The number of sulfonamides is 1. The van der Waals surface area contributed by atoms with E-state index in [4.69, 9.17) is 0 Å². The Kier molecular flexibility index (Phi) is 5.91. The molecule has 0 unspecified atom stereocenters. The number of nitrogens with one attached hydrogen (secondary N) is 3. The second kappa shape index (κ2) is 8.80. The molecule has 164 valence electrons. The summed E-state index contributed by atoms with van der Waals surface area (Å²) in [5, 5.41) is 5.62. The monoisotopic (exact) mass is 453 g/mol. The third kappa shape index (κ3) is 5.12. The minimum Gasteiger partial charge on any atom is -0.349 e. The van der Waals surface area contributed by atoms with E-state index in [1.165, 1.54) is 24.3 Å². The van der Waals surface area contributed by atoms with Gasteiger partial charge in [0.15, 0.2) is 0 Å². The highest BCUT2D eigenvalue weighted by molar-refractivity contribution is 7.92. The van der Waals surface area contributed by atoms with Gasteiger partial charge in [-0.1, -0.05) is 12.1 Å². The van der Waals surface area contributed by atoms with Gasteiger partial charge in [0, 0.05) is 17.3 Å². The quantitative estimate of drug-likeness (QED) is 0.507. The molecule has 0 heterocycles. The molecule has 4 rings (SSSR count). The van der Waals surface area contributed by atoms with Crippen LogP contribution in [0.25, 0.3) is 0 Å². The average molecular weight is 453 g/mol. The van der Waals surface area contributed by atoms with Gasteiger partial charge in [-0.2, -0.15) is 0 Å².